The number of aliphatic hydroxyl groups is 5. The monoisotopic (exact) mass is 727 g/mol. The number of carbonyl (C=O) groups is 1. The molecule has 10 N–H and O–H groups in total. The van der Waals surface area contributed by atoms with Crippen molar-refractivity contribution in [3.8, 4) is 45.8 Å². The first-order valence-corrected chi connectivity index (χ1v) is 15.8. The second-order valence-corrected chi connectivity index (χ2v) is 12.1. The molecule has 17 nitrogen and oxygen atoms in total. The number of phenolic OH excluding ortho intramolecular Hbond substituents is 5. The maximum absolute atomic E-state index is 12.5. The number of benzene rings is 3. The molecule has 0 aliphatic carbocycles. The number of esters is 1. The zero-order valence-corrected chi connectivity index (χ0v) is 26.9. The van der Waals surface area contributed by atoms with Crippen LogP contribution in [-0.2, 0) is 23.7 Å². The highest BCUT2D eigenvalue weighted by molar-refractivity contribution is 5.89. The first-order chi connectivity index (χ1) is 24.8. The van der Waals surface area contributed by atoms with Gasteiger partial charge in [0.25, 0.3) is 0 Å². The lowest BCUT2D eigenvalue weighted by Gasteiger charge is -2.44. The van der Waals surface area contributed by atoms with Crippen molar-refractivity contribution in [3.63, 3.8) is 0 Å². The van der Waals surface area contributed by atoms with Crippen molar-refractivity contribution >= 4 is 23.0 Å². The number of hydrogen-bond acceptors (Lipinski definition) is 16. The van der Waals surface area contributed by atoms with Crippen LogP contribution in [0.4, 0.5) is 0 Å². The van der Waals surface area contributed by atoms with Crippen molar-refractivity contribution in [2.24, 2.45) is 0 Å². The number of rotatable bonds is 9. The summed E-state index contributed by atoms with van der Waals surface area (Å²) in [6.45, 7) is -1.10. The van der Waals surface area contributed by atoms with E-state index in [1.165, 1.54) is 36.4 Å². The van der Waals surface area contributed by atoms with Crippen molar-refractivity contribution in [3.05, 3.63) is 72.3 Å². The van der Waals surface area contributed by atoms with Gasteiger partial charge in [-0.2, -0.15) is 0 Å². The molecule has 52 heavy (non-hydrogen) atoms. The van der Waals surface area contributed by atoms with Gasteiger partial charge in [0.1, 0.15) is 65.9 Å². The first kappa shape index (κ1) is 36.5. The van der Waals surface area contributed by atoms with Crippen LogP contribution in [0.5, 0.6) is 34.5 Å². The fourth-order valence-corrected chi connectivity index (χ4v) is 5.56. The number of carbonyl (C=O) groups excluding carboxylic acids is 1. The minimum atomic E-state index is -1.90. The van der Waals surface area contributed by atoms with Gasteiger partial charge in [-0.15, -0.1) is 0 Å². The minimum absolute atomic E-state index is 0.0162. The molecular weight excluding hydrogens is 692 g/mol. The molecule has 6 rings (SSSR count). The number of hydrogen-bond donors (Lipinski definition) is 10. The van der Waals surface area contributed by atoms with E-state index in [4.69, 9.17) is 28.1 Å². The Morgan fingerprint density at radius 2 is 1.54 bits per heavy atom. The van der Waals surface area contributed by atoms with Crippen LogP contribution in [0, 0.1) is 0 Å². The summed E-state index contributed by atoms with van der Waals surface area (Å²) in [5, 5.41) is 103. The van der Waals surface area contributed by atoms with Gasteiger partial charge in [-0.3, -0.25) is 0 Å². The van der Waals surface area contributed by atoms with Gasteiger partial charge in [0.2, 0.25) is 12.0 Å². The molecule has 2 saturated heterocycles. The van der Waals surface area contributed by atoms with E-state index in [2.05, 4.69) is 0 Å². The molecule has 276 valence electrons. The maximum atomic E-state index is 12.5. The smallest absolute Gasteiger partial charge is 0.402 e. The summed E-state index contributed by atoms with van der Waals surface area (Å²) in [7, 11) is 0. The Bertz CT molecular complexity index is 1930. The minimum Gasteiger partial charge on any atom is -0.508 e. The van der Waals surface area contributed by atoms with Crippen molar-refractivity contribution in [2.45, 2.75) is 55.3 Å². The van der Waals surface area contributed by atoms with E-state index < -0.39 is 91.7 Å². The molecule has 4 aromatic rings. The maximum Gasteiger partial charge on any atom is 0.402 e. The Hall–Kier alpha value is -5.24. The van der Waals surface area contributed by atoms with Crippen molar-refractivity contribution in [1.82, 2.24) is 0 Å². The molecule has 2 aliphatic rings. The molecule has 2 fully saturated rings. The lowest BCUT2D eigenvalue weighted by Crippen LogP contribution is -2.64. The highest BCUT2D eigenvalue weighted by Gasteiger charge is 2.51. The molecule has 0 bridgehead atoms. The summed E-state index contributed by atoms with van der Waals surface area (Å²) in [4.78, 5) is 12.5. The molecule has 0 spiro atoms. The normalized spacial score (nSPS) is 27.8. The number of phenols is 5. The molecule has 9 atom stereocenters. The molecule has 0 unspecified atom stereocenters. The topological polar surface area (TPSA) is 277 Å². The molecule has 17 heteroatoms. The predicted octanol–water partition coefficient (Wildman–Crippen LogP) is 0.815. The second-order valence-electron chi connectivity index (χ2n) is 12.1. The van der Waals surface area contributed by atoms with E-state index in [1.54, 1.807) is 12.1 Å². The van der Waals surface area contributed by atoms with Crippen LogP contribution in [0.15, 0.2) is 71.2 Å². The van der Waals surface area contributed by atoms with Gasteiger partial charge >= 0.3 is 17.3 Å². The lowest BCUT2D eigenvalue weighted by molar-refractivity contribution is -0.345. The molecule has 2 aliphatic heterocycles. The van der Waals surface area contributed by atoms with Crippen molar-refractivity contribution in [1.29, 1.82) is 0 Å². The van der Waals surface area contributed by atoms with Crippen molar-refractivity contribution in [2.75, 3.05) is 13.2 Å². The Labute approximate surface area is 293 Å². The summed E-state index contributed by atoms with van der Waals surface area (Å²) in [5.74, 6) is -3.03. The zero-order chi connectivity index (χ0) is 37.3. The average molecular weight is 728 g/mol. The molecule has 0 saturated carbocycles. The number of aliphatic hydroxyl groups excluding tert-OH is 5. The van der Waals surface area contributed by atoms with E-state index >= 15 is 0 Å². The van der Waals surface area contributed by atoms with Crippen LogP contribution in [0.1, 0.15) is 5.56 Å². The third kappa shape index (κ3) is 7.81. The largest absolute Gasteiger partial charge is 0.508 e. The quantitative estimate of drug-likeness (QED) is 0.0494. The van der Waals surface area contributed by atoms with Gasteiger partial charge in [0.15, 0.2) is 23.9 Å². The van der Waals surface area contributed by atoms with Crippen LogP contribution in [0.3, 0.4) is 0 Å². The fraction of sp³-hybridized carbons (Fsp3) is 0.314. The van der Waals surface area contributed by atoms with E-state index in [-0.39, 0.29) is 39.5 Å². The molecule has 1 aromatic heterocycles. The first-order valence-electron chi connectivity index (χ1n) is 15.8. The highest BCUT2D eigenvalue weighted by Crippen LogP contribution is 2.42. The van der Waals surface area contributed by atoms with Gasteiger partial charge in [-0.1, -0.05) is 12.1 Å². The summed E-state index contributed by atoms with van der Waals surface area (Å²) in [6, 6.07) is 13.0. The third-order valence-corrected chi connectivity index (χ3v) is 8.38. The predicted molar refractivity (Wildman–Crippen MR) is 175 cm³/mol. The van der Waals surface area contributed by atoms with Gasteiger partial charge < -0.3 is 74.7 Å². The van der Waals surface area contributed by atoms with Gasteiger partial charge in [-0.25, -0.2) is 9.21 Å². The second kappa shape index (κ2) is 15.2. The molecular formula is C35H35O17+. The fourth-order valence-electron chi connectivity index (χ4n) is 5.56. The summed E-state index contributed by atoms with van der Waals surface area (Å²) in [5.41, 5.74) is 0.631. The van der Waals surface area contributed by atoms with E-state index in [0.29, 0.717) is 5.56 Å². The number of fused-ring (bicyclic) bond motifs is 1. The summed E-state index contributed by atoms with van der Waals surface area (Å²) < 4.78 is 34.5. The van der Waals surface area contributed by atoms with E-state index in [9.17, 15) is 55.9 Å². The Morgan fingerprint density at radius 1 is 0.788 bits per heavy atom. The molecule has 0 amide bonds. The Kier molecular flexibility index (Phi) is 10.7. The van der Waals surface area contributed by atoms with Crippen LogP contribution in [0.25, 0.3) is 28.4 Å². The Morgan fingerprint density at radius 3 is 2.27 bits per heavy atom. The molecule has 3 heterocycles. The number of ether oxygens (including phenoxy) is 5. The lowest BCUT2D eigenvalue weighted by atomic mass is 9.98. The molecule has 0 radical (unpaired) electrons. The Balaban J connectivity index is 1.33. The van der Waals surface area contributed by atoms with Crippen LogP contribution in [0.2, 0.25) is 0 Å². The van der Waals surface area contributed by atoms with Crippen LogP contribution >= 0.6 is 0 Å². The zero-order valence-electron chi connectivity index (χ0n) is 26.9. The van der Waals surface area contributed by atoms with Crippen molar-refractivity contribution < 1.29 is 84.0 Å². The van der Waals surface area contributed by atoms with Gasteiger partial charge in [0, 0.05) is 24.3 Å². The highest BCUT2D eigenvalue weighted by atomic mass is 16.8. The van der Waals surface area contributed by atoms with E-state index in [0.717, 1.165) is 24.3 Å². The van der Waals surface area contributed by atoms with Gasteiger partial charge in [0.05, 0.1) is 18.2 Å². The number of aromatic hydroxyl groups is 5. The van der Waals surface area contributed by atoms with Crippen LogP contribution < -0.4 is 4.74 Å². The summed E-state index contributed by atoms with van der Waals surface area (Å²) >= 11 is 0. The standard InChI is InChI=1S/C35H34O17/c36-17-5-1-15(2-6-17)3-8-27(42)47-14-26-29(44)30(45)33(52-34-31(46)28(43)23(41)13-48-34)35(51-26)50-25-12-19-21(39)10-18(37)11-24(19)49-32(25)16-4-7-20(38)22(40)9-16/h1-12,23,26,28-31,33-35,41,43-46H,13-14H2,(H4-,36,37,38,39,40,42)/p+1/t23-,26-,28-,29+,30+,31+,33+,34+,35+/m0/s1. The van der Waals surface area contributed by atoms with Crippen LogP contribution in [-0.4, -0.2) is 126 Å². The average Bonchev–Trinajstić information content (AvgIpc) is 3.11. The summed E-state index contributed by atoms with van der Waals surface area (Å²) in [6.07, 6.45) is -12.9. The SMILES string of the molecule is O=C(/C=C/c1ccc(O)cc1)OC[C@@H]1O[C@@H](Oc2cc3c(O)cc(O)cc3[o+]c2-c2ccc(O)c(O)c2)[C@H](O[C@H]2OC[C@H](O)[C@H](O)[C@H]2O)[C@H](O)[C@@H]1O. The molecule has 3 aromatic carbocycles. The van der Waals surface area contributed by atoms with E-state index in [1.807, 2.05) is 0 Å². The van der Waals surface area contributed by atoms with Gasteiger partial charge in [-0.05, 0) is 35.9 Å². The third-order valence-electron chi connectivity index (χ3n) is 8.38.